The first kappa shape index (κ1) is 20.0. The van der Waals surface area contributed by atoms with Gasteiger partial charge in [-0.25, -0.2) is 4.98 Å². The van der Waals surface area contributed by atoms with Gasteiger partial charge in [0.1, 0.15) is 11.9 Å². The molecule has 3 heterocycles. The Morgan fingerprint density at radius 2 is 2.13 bits per heavy atom. The maximum absolute atomic E-state index is 13.0. The Hall–Kier alpha value is -2.97. The lowest BCUT2D eigenvalue weighted by molar-refractivity contribution is -0.128. The minimum absolute atomic E-state index is 0.0637. The van der Waals surface area contributed by atoms with Crippen LogP contribution in [0.3, 0.4) is 0 Å². The monoisotopic (exact) mass is 423 g/mol. The van der Waals surface area contributed by atoms with Crippen molar-refractivity contribution in [3.8, 4) is 0 Å². The van der Waals surface area contributed by atoms with E-state index in [4.69, 9.17) is 0 Å². The molecule has 0 bridgehead atoms. The summed E-state index contributed by atoms with van der Waals surface area (Å²) in [6, 6.07) is 1.62. The molecule has 0 spiro atoms. The maximum atomic E-state index is 13.0. The van der Waals surface area contributed by atoms with E-state index in [1.54, 1.807) is 6.20 Å². The molecule has 0 aliphatic heterocycles. The second-order valence-corrected chi connectivity index (χ2v) is 9.11. The highest BCUT2D eigenvalue weighted by Gasteiger charge is 2.39. The summed E-state index contributed by atoms with van der Waals surface area (Å²) in [5.41, 5.74) is 2.51. The van der Waals surface area contributed by atoms with Crippen LogP contribution in [0.2, 0.25) is 0 Å². The minimum atomic E-state index is -0.441. The third-order valence-corrected chi connectivity index (χ3v) is 6.82. The lowest BCUT2D eigenvalue weighted by Crippen LogP contribution is -2.49. The first-order valence-electron chi connectivity index (χ1n) is 11.3. The fraction of sp³-hybridized carbons (Fsp3) is 0.591. The molecule has 3 aromatic rings. The number of aromatic amines is 1. The molecule has 0 aromatic carbocycles. The molecular weight excluding hydrogens is 394 g/mol. The number of fused-ring (bicyclic) bond motifs is 3. The Balaban J connectivity index is 1.36. The van der Waals surface area contributed by atoms with Crippen LogP contribution in [0, 0.1) is 11.8 Å². The summed E-state index contributed by atoms with van der Waals surface area (Å²) in [6.45, 7) is 3.66. The standard InChI is InChI=1S/C22H29N7O2/c1-3-14-9-15(26-22(31)17(25-12(2)30)8-13-4-5-13)10-16(14)21-28-27-19-11-24-20-18(29(19)21)6-7-23-20/h6-7,11,13-17,23H,3-5,8-10H2,1-2H3,(H,25,30)(H,26,31)/t14-,15+,16+,17?/m1/s1. The molecule has 3 aromatic heterocycles. The molecule has 2 saturated carbocycles. The lowest BCUT2D eigenvalue weighted by Gasteiger charge is -2.20. The Morgan fingerprint density at radius 1 is 1.29 bits per heavy atom. The van der Waals surface area contributed by atoms with E-state index in [1.165, 1.54) is 6.92 Å². The number of hydrogen-bond acceptors (Lipinski definition) is 5. The molecular formula is C22H29N7O2. The van der Waals surface area contributed by atoms with E-state index in [1.807, 2.05) is 12.3 Å². The third kappa shape index (κ3) is 3.88. The highest BCUT2D eigenvalue weighted by Crippen LogP contribution is 2.41. The maximum Gasteiger partial charge on any atom is 0.242 e. The number of amides is 2. The zero-order chi connectivity index (χ0) is 21.5. The molecule has 9 nitrogen and oxygen atoms in total. The van der Waals surface area contributed by atoms with Crippen LogP contribution in [-0.4, -0.2) is 48.5 Å². The normalized spacial score (nSPS) is 24.5. The fourth-order valence-corrected chi connectivity index (χ4v) is 5.11. The van der Waals surface area contributed by atoms with Crippen LogP contribution in [0.4, 0.5) is 0 Å². The molecule has 2 aliphatic carbocycles. The van der Waals surface area contributed by atoms with Gasteiger partial charge in [-0.2, -0.15) is 0 Å². The van der Waals surface area contributed by atoms with Gasteiger partial charge in [0.05, 0.1) is 11.7 Å². The van der Waals surface area contributed by atoms with E-state index >= 15 is 0 Å². The summed E-state index contributed by atoms with van der Waals surface area (Å²) >= 11 is 0. The summed E-state index contributed by atoms with van der Waals surface area (Å²) in [5, 5.41) is 14.9. The Bertz CT molecular complexity index is 1120. The van der Waals surface area contributed by atoms with Gasteiger partial charge in [-0.15, -0.1) is 10.2 Å². The van der Waals surface area contributed by atoms with Gasteiger partial charge in [-0.1, -0.05) is 26.2 Å². The number of hydrogen-bond donors (Lipinski definition) is 3. The van der Waals surface area contributed by atoms with Crippen LogP contribution in [0.5, 0.6) is 0 Å². The van der Waals surface area contributed by atoms with Crippen molar-refractivity contribution >= 4 is 28.6 Å². The van der Waals surface area contributed by atoms with Gasteiger partial charge < -0.3 is 15.6 Å². The molecule has 2 aliphatic rings. The van der Waals surface area contributed by atoms with E-state index in [2.05, 4.69) is 42.1 Å². The Kier molecular flexibility index (Phi) is 5.11. The quantitative estimate of drug-likeness (QED) is 0.539. The molecule has 9 heteroatoms. The largest absolute Gasteiger partial charge is 0.352 e. The molecule has 2 amide bonds. The zero-order valence-electron chi connectivity index (χ0n) is 18.0. The minimum Gasteiger partial charge on any atom is -0.352 e. The number of carbonyl (C=O) groups excluding carboxylic acids is 2. The highest BCUT2D eigenvalue weighted by molar-refractivity contribution is 5.87. The van der Waals surface area contributed by atoms with Crippen molar-refractivity contribution in [1.82, 2.24) is 35.2 Å². The topological polar surface area (TPSA) is 117 Å². The Labute approximate surface area is 180 Å². The first-order chi connectivity index (χ1) is 15.0. The molecule has 3 N–H and O–H groups in total. The summed E-state index contributed by atoms with van der Waals surface area (Å²) in [6.07, 6.45) is 9.36. The van der Waals surface area contributed by atoms with E-state index in [-0.39, 0.29) is 23.8 Å². The van der Waals surface area contributed by atoms with Crippen molar-refractivity contribution in [2.45, 2.75) is 70.4 Å². The van der Waals surface area contributed by atoms with Crippen molar-refractivity contribution < 1.29 is 9.59 Å². The average Bonchev–Trinajstić information content (AvgIpc) is 3.14. The van der Waals surface area contributed by atoms with Crippen LogP contribution in [0.15, 0.2) is 18.5 Å². The highest BCUT2D eigenvalue weighted by atomic mass is 16.2. The van der Waals surface area contributed by atoms with Crippen molar-refractivity contribution in [2.24, 2.45) is 11.8 Å². The third-order valence-electron chi connectivity index (χ3n) is 6.82. The second kappa shape index (κ2) is 7.94. The second-order valence-electron chi connectivity index (χ2n) is 9.11. The van der Waals surface area contributed by atoms with Crippen LogP contribution in [0.25, 0.3) is 16.8 Å². The number of H-pyrrole nitrogens is 1. The number of aromatic nitrogens is 5. The van der Waals surface area contributed by atoms with Gasteiger partial charge in [0.2, 0.25) is 11.8 Å². The van der Waals surface area contributed by atoms with Gasteiger partial charge in [-0.3, -0.25) is 14.0 Å². The number of rotatable bonds is 7. The van der Waals surface area contributed by atoms with E-state index in [0.29, 0.717) is 11.8 Å². The van der Waals surface area contributed by atoms with Crippen molar-refractivity contribution in [2.75, 3.05) is 0 Å². The molecule has 31 heavy (non-hydrogen) atoms. The molecule has 1 unspecified atom stereocenters. The van der Waals surface area contributed by atoms with Gasteiger partial charge in [-0.05, 0) is 37.2 Å². The molecule has 164 valence electrons. The number of carbonyl (C=O) groups is 2. The Morgan fingerprint density at radius 3 is 2.87 bits per heavy atom. The van der Waals surface area contributed by atoms with Crippen LogP contribution >= 0.6 is 0 Å². The van der Waals surface area contributed by atoms with Gasteiger partial charge in [0, 0.05) is 25.1 Å². The summed E-state index contributed by atoms with van der Waals surface area (Å²) < 4.78 is 2.09. The van der Waals surface area contributed by atoms with E-state index in [9.17, 15) is 9.59 Å². The first-order valence-corrected chi connectivity index (χ1v) is 11.3. The average molecular weight is 424 g/mol. The molecule has 4 atom stereocenters. The van der Waals surface area contributed by atoms with E-state index in [0.717, 1.165) is 61.2 Å². The van der Waals surface area contributed by atoms with Crippen LogP contribution in [-0.2, 0) is 9.59 Å². The summed E-state index contributed by atoms with van der Waals surface area (Å²) in [4.78, 5) is 32.1. The summed E-state index contributed by atoms with van der Waals surface area (Å²) in [5.74, 6) is 1.88. The summed E-state index contributed by atoms with van der Waals surface area (Å²) in [7, 11) is 0. The van der Waals surface area contributed by atoms with Gasteiger partial charge in [0.15, 0.2) is 11.3 Å². The SMILES string of the molecule is CC[C@@H]1C[C@H](NC(=O)C(CC2CC2)NC(C)=O)C[C@@H]1c1nnc2cnc3[nH]ccc3n12. The van der Waals surface area contributed by atoms with Crippen molar-refractivity contribution in [3.63, 3.8) is 0 Å². The van der Waals surface area contributed by atoms with Gasteiger partial charge >= 0.3 is 0 Å². The predicted octanol–water partition coefficient (Wildman–Crippen LogP) is 2.30. The fourth-order valence-electron chi connectivity index (χ4n) is 5.11. The van der Waals surface area contributed by atoms with Crippen LogP contribution < -0.4 is 10.6 Å². The van der Waals surface area contributed by atoms with Crippen molar-refractivity contribution in [1.29, 1.82) is 0 Å². The van der Waals surface area contributed by atoms with Crippen molar-refractivity contribution in [3.05, 3.63) is 24.3 Å². The van der Waals surface area contributed by atoms with E-state index < -0.39 is 6.04 Å². The lowest BCUT2D eigenvalue weighted by atomic mass is 9.93. The molecule has 0 radical (unpaired) electrons. The number of nitrogens with one attached hydrogen (secondary N) is 3. The van der Waals surface area contributed by atoms with Gasteiger partial charge in [0.25, 0.3) is 0 Å². The smallest absolute Gasteiger partial charge is 0.242 e. The zero-order valence-corrected chi connectivity index (χ0v) is 18.0. The number of nitrogens with zero attached hydrogens (tertiary/aromatic N) is 4. The molecule has 0 saturated heterocycles. The predicted molar refractivity (Wildman–Crippen MR) is 115 cm³/mol. The molecule has 2 fully saturated rings. The molecule has 5 rings (SSSR count). The van der Waals surface area contributed by atoms with Crippen LogP contribution in [0.1, 0.15) is 64.1 Å².